The third-order valence-electron chi connectivity index (χ3n) is 5.11. The molecule has 0 saturated carbocycles. The number of hydrogen-bond donors (Lipinski definition) is 1. The molecule has 0 atom stereocenters. The molecule has 2 aromatic rings. The summed E-state index contributed by atoms with van der Waals surface area (Å²) < 4.78 is 38.6. The first-order valence-electron chi connectivity index (χ1n) is 9.26. The minimum Gasteiger partial charge on any atom is -0.486 e. The molecule has 0 aliphatic carbocycles. The van der Waals surface area contributed by atoms with Gasteiger partial charge in [-0.15, -0.1) is 0 Å². The van der Waals surface area contributed by atoms with Crippen LogP contribution in [0.2, 0.25) is 0 Å². The van der Waals surface area contributed by atoms with Crippen LogP contribution >= 0.6 is 0 Å². The Morgan fingerprint density at radius 3 is 2.44 bits per heavy atom. The van der Waals surface area contributed by atoms with Gasteiger partial charge in [0.05, 0.1) is 4.90 Å². The van der Waals surface area contributed by atoms with E-state index in [2.05, 4.69) is 24.4 Å². The Labute approximate surface area is 160 Å². The Hall–Kier alpha value is -2.25. The van der Waals surface area contributed by atoms with E-state index in [1.54, 1.807) is 22.5 Å². The number of hydrogen-bond acceptors (Lipinski definition) is 5. The van der Waals surface area contributed by atoms with E-state index in [0.717, 1.165) is 18.5 Å². The zero-order chi connectivity index (χ0) is 18.9. The van der Waals surface area contributed by atoms with Gasteiger partial charge in [0, 0.05) is 30.9 Å². The van der Waals surface area contributed by atoms with Crippen molar-refractivity contribution in [2.75, 3.05) is 31.6 Å². The highest BCUT2D eigenvalue weighted by Gasteiger charge is 2.30. The molecule has 0 aromatic heterocycles. The van der Waals surface area contributed by atoms with Crippen molar-refractivity contribution < 1.29 is 17.9 Å². The fourth-order valence-electron chi connectivity index (χ4n) is 3.53. The van der Waals surface area contributed by atoms with Crippen LogP contribution < -0.4 is 14.8 Å². The van der Waals surface area contributed by atoms with E-state index >= 15 is 0 Å². The zero-order valence-corrected chi connectivity index (χ0v) is 16.2. The molecule has 0 bridgehead atoms. The summed E-state index contributed by atoms with van der Waals surface area (Å²) in [5.74, 6) is 1.10. The lowest BCUT2D eigenvalue weighted by Crippen LogP contribution is -2.42. The number of nitrogens with zero attached hydrogens (tertiary/aromatic N) is 1. The predicted molar refractivity (Wildman–Crippen MR) is 104 cm³/mol. The van der Waals surface area contributed by atoms with Gasteiger partial charge in [0.15, 0.2) is 11.5 Å². The summed E-state index contributed by atoms with van der Waals surface area (Å²) in [5, 5.41) is 3.54. The van der Waals surface area contributed by atoms with Crippen molar-refractivity contribution in [2.45, 2.75) is 30.7 Å². The molecule has 2 aliphatic rings. The Morgan fingerprint density at radius 1 is 1.00 bits per heavy atom. The van der Waals surface area contributed by atoms with Crippen LogP contribution in [0.25, 0.3) is 0 Å². The number of para-hydroxylation sites is 1. The van der Waals surface area contributed by atoms with Crippen molar-refractivity contribution in [2.24, 2.45) is 0 Å². The molecular weight excluding hydrogens is 364 g/mol. The Kier molecular flexibility index (Phi) is 4.97. The number of anilines is 1. The Bertz CT molecular complexity index is 921. The average molecular weight is 388 g/mol. The molecule has 2 heterocycles. The molecule has 7 heteroatoms. The SMILES string of the molecule is Cc1ccccc1NC1CCN(S(=O)(=O)c2ccc3c(c2)OCCO3)CC1. The third kappa shape index (κ3) is 3.75. The van der Waals surface area contributed by atoms with E-state index < -0.39 is 10.0 Å². The smallest absolute Gasteiger partial charge is 0.243 e. The molecular formula is C20H24N2O4S. The molecule has 0 radical (unpaired) electrons. The largest absolute Gasteiger partial charge is 0.486 e. The fraction of sp³-hybridized carbons (Fsp3) is 0.400. The summed E-state index contributed by atoms with van der Waals surface area (Å²) in [6, 6.07) is 13.3. The standard InChI is InChI=1S/C20H24N2O4S/c1-15-4-2-3-5-18(15)21-16-8-10-22(11-9-16)27(23,24)17-6-7-19-20(14-17)26-13-12-25-19/h2-7,14,16,21H,8-13H2,1H3. The van der Waals surface area contributed by atoms with Crippen molar-refractivity contribution in [3.63, 3.8) is 0 Å². The molecule has 1 saturated heterocycles. The second-order valence-corrected chi connectivity index (χ2v) is 8.88. The van der Waals surface area contributed by atoms with Crippen LogP contribution in [0.15, 0.2) is 47.4 Å². The first-order valence-corrected chi connectivity index (χ1v) is 10.7. The van der Waals surface area contributed by atoms with Gasteiger partial charge in [0.25, 0.3) is 0 Å². The zero-order valence-electron chi connectivity index (χ0n) is 15.3. The van der Waals surface area contributed by atoms with Gasteiger partial charge >= 0.3 is 0 Å². The Morgan fingerprint density at radius 2 is 1.70 bits per heavy atom. The van der Waals surface area contributed by atoms with E-state index in [0.29, 0.717) is 37.8 Å². The fourth-order valence-corrected chi connectivity index (χ4v) is 5.01. The van der Waals surface area contributed by atoms with Gasteiger partial charge in [-0.25, -0.2) is 8.42 Å². The number of rotatable bonds is 4. The molecule has 2 aromatic carbocycles. The molecule has 1 N–H and O–H groups in total. The van der Waals surface area contributed by atoms with Gasteiger partial charge < -0.3 is 14.8 Å². The molecule has 0 spiro atoms. The van der Waals surface area contributed by atoms with Gasteiger partial charge in [-0.1, -0.05) is 18.2 Å². The van der Waals surface area contributed by atoms with E-state index in [1.807, 2.05) is 12.1 Å². The first-order chi connectivity index (χ1) is 13.0. The molecule has 2 aliphatic heterocycles. The summed E-state index contributed by atoms with van der Waals surface area (Å²) in [6.45, 7) is 4.00. The molecule has 4 rings (SSSR count). The summed E-state index contributed by atoms with van der Waals surface area (Å²) in [4.78, 5) is 0.261. The highest BCUT2D eigenvalue weighted by Crippen LogP contribution is 2.33. The van der Waals surface area contributed by atoms with Crippen LogP contribution in [0.3, 0.4) is 0 Å². The maximum Gasteiger partial charge on any atom is 0.243 e. The van der Waals surface area contributed by atoms with Crippen molar-refractivity contribution >= 4 is 15.7 Å². The van der Waals surface area contributed by atoms with Crippen LogP contribution in [-0.4, -0.2) is 45.1 Å². The number of fused-ring (bicyclic) bond motifs is 1. The molecule has 6 nitrogen and oxygen atoms in total. The normalized spacial score (nSPS) is 18.3. The van der Waals surface area contributed by atoms with E-state index in [9.17, 15) is 8.42 Å². The molecule has 0 unspecified atom stereocenters. The second kappa shape index (κ2) is 7.40. The monoisotopic (exact) mass is 388 g/mol. The number of benzene rings is 2. The topological polar surface area (TPSA) is 67.9 Å². The van der Waals surface area contributed by atoms with Crippen LogP contribution in [-0.2, 0) is 10.0 Å². The quantitative estimate of drug-likeness (QED) is 0.872. The van der Waals surface area contributed by atoms with Crippen molar-refractivity contribution in [1.29, 1.82) is 0 Å². The van der Waals surface area contributed by atoms with E-state index in [1.165, 1.54) is 5.56 Å². The maximum atomic E-state index is 13.0. The average Bonchev–Trinajstić information content (AvgIpc) is 2.70. The van der Waals surface area contributed by atoms with Crippen molar-refractivity contribution in [3.05, 3.63) is 48.0 Å². The molecule has 27 heavy (non-hydrogen) atoms. The summed E-state index contributed by atoms with van der Waals surface area (Å²) in [5.41, 5.74) is 2.31. The molecule has 144 valence electrons. The number of ether oxygens (including phenoxy) is 2. The highest BCUT2D eigenvalue weighted by atomic mass is 32.2. The summed E-state index contributed by atoms with van der Waals surface area (Å²) >= 11 is 0. The van der Waals surface area contributed by atoms with Crippen LogP contribution in [0.1, 0.15) is 18.4 Å². The van der Waals surface area contributed by atoms with Gasteiger partial charge in [0.1, 0.15) is 13.2 Å². The van der Waals surface area contributed by atoms with Gasteiger partial charge in [-0.2, -0.15) is 4.31 Å². The van der Waals surface area contributed by atoms with Crippen LogP contribution in [0.4, 0.5) is 5.69 Å². The van der Waals surface area contributed by atoms with Gasteiger partial charge in [-0.05, 0) is 43.5 Å². The second-order valence-electron chi connectivity index (χ2n) is 6.94. The van der Waals surface area contributed by atoms with E-state index in [-0.39, 0.29) is 10.9 Å². The highest BCUT2D eigenvalue weighted by molar-refractivity contribution is 7.89. The predicted octanol–water partition coefficient (Wildman–Crippen LogP) is 3.03. The van der Waals surface area contributed by atoms with E-state index in [4.69, 9.17) is 9.47 Å². The summed E-state index contributed by atoms with van der Waals surface area (Å²) in [6.07, 6.45) is 1.55. The molecule has 1 fully saturated rings. The van der Waals surface area contributed by atoms with Gasteiger partial charge in [0.2, 0.25) is 10.0 Å². The third-order valence-corrected chi connectivity index (χ3v) is 7.00. The lowest BCUT2D eigenvalue weighted by molar-refractivity contribution is 0.171. The van der Waals surface area contributed by atoms with Crippen molar-refractivity contribution in [1.82, 2.24) is 4.31 Å². The number of sulfonamides is 1. The lowest BCUT2D eigenvalue weighted by Gasteiger charge is -2.32. The van der Waals surface area contributed by atoms with Gasteiger partial charge in [-0.3, -0.25) is 0 Å². The maximum absolute atomic E-state index is 13.0. The Balaban J connectivity index is 1.43. The van der Waals surface area contributed by atoms with Crippen LogP contribution in [0, 0.1) is 6.92 Å². The summed E-state index contributed by atoms with van der Waals surface area (Å²) in [7, 11) is -3.53. The van der Waals surface area contributed by atoms with Crippen molar-refractivity contribution in [3.8, 4) is 11.5 Å². The number of piperidine rings is 1. The minimum atomic E-state index is -3.53. The number of nitrogens with one attached hydrogen (secondary N) is 1. The minimum absolute atomic E-state index is 0.261. The lowest BCUT2D eigenvalue weighted by atomic mass is 10.1. The first kappa shape index (κ1) is 18.1. The molecule has 0 amide bonds. The number of aryl methyl sites for hydroxylation is 1. The van der Waals surface area contributed by atoms with Crippen LogP contribution in [0.5, 0.6) is 11.5 Å².